The largest absolute Gasteiger partial charge is 0.493 e. The second kappa shape index (κ2) is 8.22. The normalized spacial score (nSPS) is 13.2. The summed E-state index contributed by atoms with van der Waals surface area (Å²) in [6.07, 6.45) is 4.75. The Balaban J connectivity index is 1.92. The number of nitrogens with one attached hydrogen (secondary N) is 1. The molecule has 3 rings (SSSR count). The monoisotopic (exact) mass is 436 g/mol. The summed E-state index contributed by atoms with van der Waals surface area (Å²) >= 11 is 4.85. The van der Waals surface area contributed by atoms with Crippen molar-refractivity contribution < 1.29 is 14.3 Å². The molecule has 26 heavy (non-hydrogen) atoms. The lowest BCUT2D eigenvalue weighted by Gasteiger charge is -2.12. The molecule has 0 fully saturated rings. The quantitative estimate of drug-likeness (QED) is 0.697. The van der Waals surface area contributed by atoms with Crippen LogP contribution in [0.1, 0.15) is 57.3 Å². The highest BCUT2D eigenvalue weighted by atomic mass is 79.9. The van der Waals surface area contributed by atoms with Gasteiger partial charge in [0.1, 0.15) is 10.8 Å². The molecule has 0 atom stereocenters. The minimum absolute atomic E-state index is 0.307. The summed E-state index contributed by atoms with van der Waals surface area (Å²) < 4.78 is 6.47. The Morgan fingerprint density at radius 1 is 1.31 bits per heavy atom. The fraction of sp³-hybridized carbons (Fsp3) is 0.368. The van der Waals surface area contributed by atoms with Crippen LogP contribution in [0.15, 0.2) is 22.7 Å². The Labute approximate surface area is 165 Å². The van der Waals surface area contributed by atoms with Crippen LogP contribution in [0.2, 0.25) is 0 Å². The van der Waals surface area contributed by atoms with Gasteiger partial charge in [-0.1, -0.05) is 22.9 Å². The van der Waals surface area contributed by atoms with E-state index in [4.69, 9.17) is 10.5 Å². The van der Waals surface area contributed by atoms with Gasteiger partial charge in [-0.3, -0.25) is 9.59 Å². The van der Waals surface area contributed by atoms with Crippen molar-refractivity contribution in [2.24, 2.45) is 5.73 Å². The molecule has 0 aliphatic heterocycles. The summed E-state index contributed by atoms with van der Waals surface area (Å²) in [7, 11) is 0. The molecule has 0 unspecified atom stereocenters. The summed E-state index contributed by atoms with van der Waals surface area (Å²) in [4.78, 5) is 26.0. The molecule has 2 aromatic rings. The van der Waals surface area contributed by atoms with Crippen molar-refractivity contribution in [3.63, 3.8) is 0 Å². The predicted octanol–water partition coefficient (Wildman–Crippen LogP) is 4.53. The second-order valence-electron chi connectivity index (χ2n) is 6.22. The van der Waals surface area contributed by atoms with Crippen molar-refractivity contribution in [1.82, 2.24) is 0 Å². The maximum Gasteiger partial charge on any atom is 0.260 e. The van der Waals surface area contributed by atoms with Crippen LogP contribution in [0.3, 0.4) is 0 Å². The van der Waals surface area contributed by atoms with Crippen molar-refractivity contribution in [2.45, 2.75) is 39.0 Å². The first-order valence-electron chi connectivity index (χ1n) is 8.69. The summed E-state index contributed by atoms with van der Waals surface area (Å²) in [5, 5.41) is 3.43. The van der Waals surface area contributed by atoms with Crippen LogP contribution >= 0.6 is 27.3 Å². The molecule has 5 nitrogen and oxygen atoms in total. The molecular weight excluding hydrogens is 416 g/mol. The number of rotatable bonds is 6. The van der Waals surface area contributed by atoms with Gasteiger partial charge in [-0.15, -0.1) is 11.3 Å². The van der Waals surface area contributed by atoms with Gasteiger partial charge in [0, 0.05) is 9.35 Å². The maximum atomic E-state index is 12.9. The van der Waals surface area contributed by atoms with Crippen molar-refractivity contribution in [2.75, 3.05) is 11.9 Å². The van der Waals surface area contributed by atoms with Crippen LogP contribution in [-0.4, -0.2) is 18.4 Å². The predicted molar refractivity (Wildman–Crippen MR) is 107 cm³/mol. The van der Waals surface area contributed by atoms with Crippen molar-refractivity contribution in [3.05, 3.63) is 44.2 Å². The average Bonchev–Trinajstić information content (AvgIpc) is 2.98. The van der Waals surface area contributed by atoms with E-state index in [1.165, 1.54) is 11.3 Å². The number of anilines is 1. The van der Waals surface area contributed by atoms with E-state index >= 15 is 0 Å². The molecule has 1 aromatic carbocycles. The van der Waals surface area contributed by atoms with Gasteiger partial charge >= 0.3 is 0 Å². The van der Waals surface area contributed by atoms with Gasteiger partial charge in [0.05, 0.1) is 17.7 Å². The lowest BCUT2D eigenvalue weighted by atomic mass is 9.95. The minimum Gasteiger partial charge on any atom is -0.493 e. The summed E-state index contributed by atoms with van der Waals surface area (Å²) in [5.74, 6) is -0.274. The molecular formula is C19H21BrN2O3S. The first kappa shape index (κ1) is 18.9. The van der Waals surface area contributed by atoms with E-state index in [1.54, 1.807) is 12.1 Å². The van der Waals surface area contributed by atoms with Crippen LogP contribution in [0.5, 0.6) is 5.75 Å². The molecule has 1 heterocycles. The molecule has 0 radical (unpaired) electrons. The lowest BCUT2D eigenvalue weighted by molar-refractivity contribution is 0.100. The zero-order chi connectivity index (χ0) is 18.7. The topological polar surface area (TPSA) is 81.4 Å². The number of nitrogens with two attached hydrogens (primary N) is 1. The lowest BCUT2D eigenvalue weighted by Crippen LogP contribution is -2.19. The van der Waals surface area contributed by atoms with E-state index in [-0.39, 0.29) is 5.91 Å². The molecule has 2 amide bonds. The maximum absolute atomic E-state index is 12.9. The van der Waals surface area contributed by atoms with Gasteiger partial charge < -0.3 is 15.8 Å². The van der Waals surface area contributed by atoms with Crippen LogP contribution in [-0.2, 0) is 12.8 Å². The van der Waals surface area contributed by atoms with E-state index in [9.17, 15) is 9.59 Å². The number of amides is 2. The van der Waals surface area contributed by atoms with Crippen LogP contribution < -0.4 is 15.8 Å². The van der Waals surface area contributed by atoms with Crippen LogP contribution in [0, 0.1) is 0 Å². The molecule has 3 N–H and O–H groups in total. The Hall–Kier alpha value is -1.86. The van der Waals surface area contributed by atoms with Crippen LogP contribution in [0.4, 0.5) is 5.00 Å². The van der Waals surface area contributed by atoms with E-state index in [1.807, 2.05) is 13.0 Å². The Morgan fingerprint density at radius 3 is 2.81 bits per heavy atom. The smallest absolute Gasteiger partial charge is 0.260 e. The fourth-order valence-electron chi connectivity index (χ4n) is 3.10. The van der Waals surface area contributed by atoms with Gasteiger partial charge in [-0.25, -0.2) is 0 Å². The molecule has 0 spiro atoms. The number of benzene rings is 1. The highest BCUT2D eigenvalue weighted by molar-refractivity contribution is 9.10. The standard InChI is InChI=1S/C19H21BrN2O3S/c1-2-9-25-14-8-7-11(20)10-13(14)18(24)22-19-16(17(21)23)12-5-3-4-6-15(12)26-19/h7-8,10H,2-6,9H2,1H3,(H2,21,23)(H,22,24). The highest BCUT2D eigenvalue weighted by Crippen LogP contribution is 2.38. The highest BCUT2D eigenvalue weighted by Gasteiger charge is 2.26. The number of primary amides is 1. The Morgan fingerprint density at radius 2 is 2.08 bits per heavy atom. The molecule has 138 valence electrons. The SMILES string of the molecule is CCCOc1ccc(Br)cc1C(=O)Nc1sc2c(c1C(N)=O)CCCC2. The third-order valence-corrected chi connectivity index (χ3v) is 5.99. The summed E-state index contributed by atoms with van der Waals surface area (Å²) in [6.45, 7) is 2.54. The number of ether oxygens (including phenoxy) is 1. The number of fused-ring (bicyclic) bond motifs is 1. The van der Waals surface area contributed by atoms with Gasteiger partial charge in [0.25, 0.3) is 11.8 Å². The van der Waals surface area contributed by atoms with Crippen molar-refractivity contribution in [3.8, 4) is 5.75 Å². The fourth-order valence-corrected chi connectivity index (χ4v) is 4.75. The number of aryl methyl sites for hydroxylation is 1. The number of hydrogen-bond acceptors (Lipinski definition) is 4. The number of thiophene rings is 1. The van der Waals surface area contributed by atoms with Gasteiger partial charge in [-0.2, -0.15) is 0 Å². The molecule has 0 bridgehead atoms. The van der Waals surface area contributed by atoms with E-state index in [0.29, 0.717) is 28.5 Å². The molecule has 1 aliphatic carbocycles. The zero-order valence-electron chi connectivity index (χ0n) is 14.6. The number of carbonyl (C=O) groups is 2. The number of carbonyl (C=O) groups excluding carboxylic acids is 2. The van der Waals surface area contributed by atoms with E-state index in [0.717, 1.165) is 47.0 Å². The average molecular weight is 437 g/mol. The second-order valence-corrected chi connectivity index (χ2v) is 8.24. The summed E-state index contributed by atoms with van der Waals surface area (Å²) in [5.41, 5.74) is 7.49. The molecule has 0 saturated carbocycles. The molecule has 7 heteroatoms. The van der Waals surface area contributed by atoms with E-state index in [2.05, 4.69) is 21.2 Å². The van der Waals surface area contributed by atoms with E-state index < -0.39 is 5.91 Å². The first-order valence-corrected chi connectivity index (χ1v) is 10.3. The Kier molecular flexibility index (Phi) is 5.98. The first-order chi connectivity index (χ1) is 12.5. The van der Waals surface area contributed by atoms with Crippen LogP contribution in [0.25, 0.3) is 0 Å². The van der Waals surface area contributed by atoms with Gasteiger partial charge in [0.2, 0.25) is 0 Å². The number of halogens is 1. The van der Waals surface area contributed by atoms with Gasteiger partial charge in [-0.05, 0) is 55.9 Å². The molecule has 1 aromatic heterocycles. The molecule has 0 saturated heterocycles. The summed E-state index contributed by atoms with van der Waals surface area (Å²) in [6, 6.07) is 5.32. The minimum atomic E-state index is -0.489. The third-order valence-electron chi connectivity index (χ3n) is 4.29. The molecule has 1 aliphatic rings. The number of hydrogen-bond donors (Lipinski definition) is 2. The van der Waals surface area contributed by atoms with Gasteiger partial charge in [0.15, 0.2) is 0 Å². The Bertz CT molecular complexity index is 848. The third kappa shape index (κ3) is 3.94. The van der Waals surface area contributed by atoms with Crippen molar-refractivity contribution >= 4 is 44.1 Å². The zero-order valence-corrected chi connectivity index (χ0v) is 17.0. The van der Waals surface area contributed by atoms with Crippen molar-refractivity contribution in [1.29, 1.82) is 0 Å².